The van der Waals surface area contributed by atoms with Crippen molar-refractivity contribution in [1.82, 2.24) is 0 Å². The largest absolute Gasteiger partial charge is 0.456 e. The van der Waals surface area contributed by atoms with Gasteiger partial charge >= 0.3 is 0 Å². The van der Waals surface area contributed by atoms with Gasteiger partial charge in [-0.25, -0.2) is 0 Å². The molecule has 68 heavy (non-hydrogen) atoms. The van der Waals surface area contributed by atoms with Crippen LogP contribution in [0.2, 0.25) is 0 Å². The van der Waals surface area contributed by atoms with Crippen LogP contribution < -0.4 is 4.90 Å². The molecule has 0 atom stereocenters. The quantitative estimate of drug-likeness (QED) is 0.160. The summed E-state index contributed by atoms with van der Waals surface area (Å²) in [7, 11) is 0. The van der Waals surface area contributed by atoms with Crippen LogP contribution in [0.3, 0.4) is 0 Å². The monoisotopic (exact) mass is 867 g/mol. The Labute approximate surface area is 393 Å². The average Bonchev–Trinajstić information content (AvgIpc) is 4.07. The summed E-state index contributed by atoms with van der Waals surface area (Å²) in [5.41, 5.74) is 18.3. The minimum atomic E-state index is -0.617. The molecular weight excluding hydrogens is 827 g/mol. The van der Waals surface area contributed by atoms with E-state index in [0.29, 0.717) is 0 Å². The Bertz CT molecular complexity index is 4030. The first-order valence-corrected chi connectivity index (χ1v) is 23.3. The van der Waals surface area contributed by atoms with Crippen molar-refractivity contribution in [3.8, 4) is 33.4 Å². The smallest absolute Gasteiger partial charge is 0.137 e. The molecule has 13 aromatic rings. The number of hydrogen-bond donors (Lipinski definition) is 0. The van der Waals surface area contributed by atoms with Crippen molar-refractivity contribution >= 4 is 71.7 Å². The molecule has 3 heteroatoms. The van der Waals surface area contributed by atoms with E-state index >= 15 is 0 Å². The third-order valence-electron chi connectivity index (χ3n) is 14.3. The van der Waals surface area contributed by atoms with E-state index in [0.717, 1.165) is 77.6 Å². The van der Waals surface area contributed by atoms with Gasteiger partial charge in [0.15, 0.2) is 0 Å². The van der Waals surface area contributed by atoms with Gasteiger partial charge < -0.3 is 13.7 Å². The second-order valence-corrected chi connectivity index (χ2v) is 17.9. The van der Waals surface area contributed by atoms with Gasteiger partial charge in [0.2, 0.25) is 0 Å². The number of hydrogen-bond acceptors (Lipinski definition) is 3. The van der Waals surface area contributed by atoms with Gasteiger partial charge in [-0.2, -0.15) is 0 Å². The molecule has 14 rings (SSSR count). The van der Waals surface area contributed by atoms with E-state index in [4.69, 9.17) is 8.83 Å². The molecule has 0 saturated heterocycles. The van der Waals surface area contributed by atoms with Gasteiger partial charge in [0.1, 0.15) is 22.3 Å². The maximum atomic E-state index is 6.38. The van der Waals surface area contributed by atoms with Gasteiger partial charge in [0.25, 0.3) is 0 Å². The van der Waals surface area contributed by atoms with Gasteiger partial charge in [-0.1, -0.05) is 170 Å². The lowest BCUT2D eigenvalue weighted by atomic mass is 9.67. The Balaban J connectivity index is 0.955. The van der Waals surface area contributed by atoms with E-state index < -0.39 is 5.41 Å². The van der Waals surface area contributed by atoms with Crippen LogP contribution in [0.25, 0.3) is 88.0 Å². The lowest BCUT2D eigenvalue weighted by Crippen LogP contribution is -2.28. The number of nitrogens with zero attached hydrogens (tertiary/aromatic N) is 1. The van der Waals surface area contributed by atoms with Gasteiger partial charge in [-0.3, -0.25) is 0 Å². The Morgan fingerprint density at radius 2 is 0.794 bits per heavy atom. The van der Waals surface area contributed by atoms with Crippen LogP contribution in [0.1, 0.15) is 22.3 Å². The molecule has 0 amide bonds. The maximum Gasteiger partial charge on any atom is 0.137 e. The number of benzene rings is 11. The van der Waals surface area contributed by atoms with E-state index in [-0.39, 0.29) is 0 Å². The number of anilines is 3. The number of fused-ring (bicyclic) bond motifs is 11. The Kier molecular flexibility index (Phi) is 8.50. The molecule has 2 heterocycles. The predicted molar refractivity (Wildman–Crippen MR) is 281 cm³/mol. The molecule has 11 aromatic carbocycles. The summed E-state index contributed by atoms with van der Waals surface area (Å²) in [5, 5.41) is 6.96. The molecule has 0 aliphatic heterocycles. The maximum absolute atomic E-state index is 6.38. The van der Waals surface area contributed by atoms with Crippen molar-refractivity contribution in [1.29, 1.82) is 0 Å². The topological polar surface area (TPSA) is 29.5 Å². The Hall–Kier alpha value is -8.92. The molecule has 0 unspecified atom stereocenters. The van der Waals surface area contributed by atoms with E-state index in [9.17, 15) is 0 Å². The van der Waals surface area contributed by atoms with Crippen molar-refractivity contribution in [3.05, 3.63) is 271 Å². The lowest BCUT2D eigenvalue weighted by Gasteiger charge is -2.34. The second-order valence-electron chi connectivity index (χ2n) is 17.9. The SMILES string of the molecule is c1ccc(N(c2ccc(-c3ccc4c(c3)C(c3ccccc3)(c3ccccc3)c3cc(-c5ccc6oc7ccccc7c6c5)c5ccccc5c3-4)cc2)c2ccc3c(c2)oc2ccccc23)cc1. The number of para-hydroxylation sites is 3. The van der Waals surface area contributed by atoms with E-state index in [1.54, 1.807) is 0 Å². The van der Waals surface area contributed by atoms with Crippen LogP contribution in [0.5, 0.6) is 0 Å². The van der Waals surface area contributed by atoms with E-state index in [1.807, 2.05) is 18.2 Å². The molecular formula is C65H41NO2. The van der Waals surface area contributed by atoms with Gasteiger partial charge in [0.05, 0.1) is 5.41 Å². The highest BCUT2D eigenvalue weighted by Gasteiger charge is 2.47. The zero-order valence-corrected chi connectivity index (χ0v) is 36.9. The van der Waals surface area contributed by atoms with Crippen molar-refractivity contribution in [3.63, 3.8) is 0 Å². The molecule has 0 radical (unpaired) electrons. The fraction of sp³-hybridized carbons (Fsp3) is 0.0154. The minimum absolute atomic E-state index is 0.617. The fourth-order valence-corrected chi connectivity index (χ4v) is 11.3. The highest BCUT2D eigenvalue weighted by molar-refractivity contribution is 6.13. The fourth-order valence-electron chi connectivity index (χ4n) is 11.3. The van der Waals surface area contributed by atoms with Crippen LogP contribution in [0.4, 0.5) is 17.1 Å². The molecule has 1 aliphatic carbocycles. The first kappa shape index (κ1) is 38.4. The first-order valence-electron chi connectivity index (χ1n) is 23.3. The highest BCUT2D eigenvalue weighted by atomic mass is 16.3. The van der Waals surface area contributed by atoms with Gasteiger partial charge in [0, 0.05) is 44.7 Å². The van der Waals surface area contributed by atoms with Crippen LogP contribution in [0.15, 0.2) is 258 Å². The van der Waals surface area contributed by atoms with Crippen LogP contribution in [-0.2, 0) is 5.41 Å². The van der Waals surface area contributed by atoms with Gasteiger partial charge in [-0.05, 0) is 139 Å². The van der Waals surface area contributed by atoms with Crippen molar-refractivity contribution in [2.45, 2.75) is 5.41 Å². The van der Waals surface area contributed by atoms with Crippen molar-refractivity contribution < 1.29 is 8.83 Å². The molecule has 0 N–H and O–H groups in total. The summed E-state index contributed by atoms with van der Waals surface area (Å²) < 4.78 is 12.7. The summed E-state index contributed by atoms with van der Waals surface area (Å²) in [4.78, 5) is 2.31. The molecule has 1 aliphatic rings. The highest BCUT2D eigenvalue weighted by Crippen LogP contribution is 2.60. The summed E-state index contributed by atoms with van der Waals surface area (Å²) in [6.45, 7) is 0. The average molecular weight is 868 g/mol. The van der Waals surface area contributed by atoms with Crippen LogP contribution in [0, 0.1) is 0 Å². The Morgan fingerprint density at radius 3 is 1.50 bits per heavy atom. The molecule has 0 bridgehead atoms. The standard InChI is InChI=1S/C65H41NO2/c1-4-16-45(17-5-1)65(46-18-6-2-7-19-46)58-39-43(42-28-32-48(33-29-42)66(47-20-8-3-9-21-47)49-34-36-53-51-23-12-14-26-60(51)68-63(53)40-49)30-35-55(58)64-54-25-11-10-22-50(54)56(41-59(64)65)44-31-37-62-57(38-44)52-24-13-15-27-61(52)67-62/h1-41H. The Morgan fingerprint density at radius 1 is 0.279 bits per heavy atom. The molecule has 0 saturated carbocycles. The van der Waals surface area contributed by atoms with Crippen LogP contribution >= 0.6 is 0 Å². The zero-order valence-electron chi connectivity index (χ0n) is 36.9. The lowest BCUT2D eigenvalue weighted by molar-refractivity contribution is 0.668. The third-order valence-corrected chi connectivity index (χ3v) is 14.3. The summed E-state index contributed by atoms with van der Waals surface area (Å²) in [5.74, 6) is 0. The molecule has 318 valence electrons. The summed E-state index contributed by atoms with van der Waals surface area (Å²) >= 11 is 0. The minimum Gasteiger partial charge on any atom is -0.456 e. The second kappa shape index (κ2) is 15.1. The van der Waals surface area contributed by atoms with E-state index in [2.05, 4.69) is 235 Å². The van der Waals surface area contributed by atoms with Crippen LogP contribution in [-0.4, -0.2) is 0 Å². The van der Waals surface area contributed by atoms with E-state index in [1.165, 1.54) is 49.7 Å². The van der Waals surface area contributed by atoms with Crippen molar-refractivity contribution in [2.24, 2.45) is 0 Å². The first-order chi connectivity index (χ1) is 33.7. The number of furan rings is 2. The summed E-state index contributed by atoms with van der Waals surface area (Å²) in [6.07, 6.45) is 0. The zero-order chi connectivity index (χ0) is 44.8. The van der Waals surface area contributed by atoms with Crippen molar-refractivity contribution in [2.75, 3.05) is 4.90 Å². The predicted octanol–water partition coefficient (Wildman–Crippen LogP) is 17.8. The third kappa shape index (κ3) is 5.72. The molecule has 0 fully saturated rings. The summed E-state index contributed by atoms with van der Waals surface area (Å²) in [6, 6.07) is 90.3. The molecule has 2 aromatic heterocycles. The van der Waals surface area contributed by atoms with Gasteiger partial charge in [-0.15, -0.1) is 0 Å². The normalized spacial score (nSPS) is 12.8. The molecule has 0 spiro atoms. The number of rotatable bonds is 7. The molecule has 3 nitrogen and oxygen atoms in total.